The Morgan fingerprint density at radius 2 is 1.84 bits per heavy atom. The summed E-state index contributed by atoms with van der Waals surface area (Å²) in [6.07, 6.45) is 3.17. The summed E-state index contributed by atoms with van der Waals surface area (Å²) in [5.74, 6) is 1.53. The third-order valence-corrected chi connectivity index (χ3v) is 6.67. The maximum atomic E-state index is 13.0. The van der Waals surface area contributed by atoms with Crippen LogP contribution in [0.5, 0.6) is 11.5 Å². The van der Waals surface area contributed by atoms with Gasteiger partial charge in [-0.3, -0.25) is 14.5 Å². The van der Waals surface area contributed by atoms with Crippen molar-refractivity contribution < 1.29 is 28.6 Å². The van der Waals surface area contributed by atoms with E-state index < -0.39 is 0 Å². The van der Waals surface area contributed by atoms with E-state index in [1.807, 2.05) is 23.1 Å². The summed E-state index contributed by atoms with van der Waals surface area (Å²) < 4.78 is 15.8. The highest BCUT2D eigenvalue weighted by atomic mass is 16.7. The summed E-state index contributed by atoms with van der Waals surface area (Å²) in [6.45, 7) is 2.24. The summed E-state index contributed by atoms with van der Waals surface area (Å²) in [4.78, 5) is 40.7. The smallest absolute Gasteiger partial charge is 0.410 e. The molecule has 1 aliphatic carbocycles. The maximum absolute atomic E-state index is 13.0. The van der Waals surface area contributed by atoms with Crippen LogP contribution in [0.25, 0.3) is 0 Å². The lowest BCUT2D eigenvalue weighted by Crippen LogP contribution is -2.55. The highest BCUT2D eigenvalue weighted by Gasteiger charge is 2.40. The predicted octanol–water partition coefficient (Wildman–Crippen LogP) is 1.30. The quantitative estimate of drug-likeness (QED) is 0.775. The molecule has 0 spiro atoms. The lowest BCUT2D eigenvalue weighted by molar-refractivity contribution is -0.138. The molecule has 4 aliphatic rings. The molecule has 3 fully saturated rings. The Kier molecular flexibility index (Phi) is 5.33. The highest BCUT2D eigenvalue weighted by molar-refractivity contribution is 5.80. The molecule has 1 unspecified atom stereocenters. The van der Waals surface area contributed by atoms with Crippen molar-refractivity contribution in [2.24, 2.45) is 5.92 Å². The number of nitrogens with zero attached hydrogens (tertiary/aromatic N) is 2. The maximum Gasteiger partial charge on any atom is 0.410 e. The van der Waals surface area contributed by atoms with Gasteiger partial charge < -0.3 is 24.4 Å². The Hall–Kier alpha value is -2.97. The first-order valence-electron chi connectivity index (χ1n) is 11.0. The zero-order valence-corrected chi connectivity index (χ0v) is 17.4. The summed E-state index contributed by atoms with van der Waals surface area (Å²) in [5.41, 5.74) is 0.888. The van der Waals surface area contributed by atoms with Gasteiger partial charge in [-0.25, -0.2) is 4.79 Å². The van der Waals surface area contributed by atoms with Crippen LogP contribution in [0.4, 0.5) is 4.79 Å². The second-order valence-corrected chi connectivity index (χ2v) is 8.69. The molecular formula is C22H27N3O6. The van der Waals surface area contributed by atoms with Gasteiger partial charge in [0, 0.05) is 31.6 Å². The number of cyclic esters (lactones) is 1. The van der Waals surface area contributed by atoms with Crippen molar-refractivity contribution in [2.75, 3.05) is 33.0 Å². The summed E-state index contributed by atoms with van der Waals surface area (Å²) in [5, 5.41) is 3.11. The number of hydrogen-bond donors (Lipinski definition) is 1. The molecule has 9 heteroatoms. The molecule has 166 valence electrons. The molecule has 3 heterocycles. The first-order valence-corrected chi connectivity index (χ1v) is 11.0. The largest absolute Gasteiger partial charge is 0.454 e. The molecule has 1 atom stereocenters. The summed E-state index contributed by atoms with van der Waals surface area (Å²) in [6, 6.07) is 5.64. The number of amides is 3. The standard InChI is InChI=1S/C22H27N3O6/c26-20(10-14-1-6-18-19(9-14)31-13-30-18)23-16-4-2-15(3-5-16)21(27)24-7-8-25-17(11-24)12-29-22(25)28/h1,6,9,15-17H,2-5,7-8,10-13H2,(H,23,26). The number of piperazine rings is 1. The van der Waals surface area contributed by atoms with E-state index in [2.05, 4.69) is 5.32 Å². The molecule has 9 nitrogen and oxygen atoms in total. The zero-order chi connectivity index (χ0) is 21.4. The number of carbonyl (C=O) groups excluding carboxylic acids is 3. The van der Waals surface area contributed by atoms with Crippen LogP contribution in [0.1, 0.15) is 31.2 Å². The second-order valence-electron chi connectivity index (χ2n) is 8.69. The number of fused-ring (bicyclic) bond motifs is 2. The molecule has 0 radical (unpaired) electrons. The Morgan fingerprint density at radius 3 is 2.68 bits per heavy atom. The van der Waals surface area contributed by atoms with Gasteiger partial charge in [0.25, 0.3) is 0 Å². The highest BCUT2D eigenvalue weighted by Crippen LogP contribution is 2.33. The number of benzene rings is 1. The number of hydrogen-bond acceptors (Lipinski definition) is 6. The summed E-state index contributed by atoms with van der Waals surface area (Å²) in [7, 11) is 0. The van der Waals surface area contributed by atoms with Crippen LogP contribution in [-0.2, 0) is 20.7 Å². The number of rotatable bonds is 4. The van der Waals surface area contributed by atoms with Gasteiger partial charge in [-0.2, -0.15) is 0 Å². The van der Waals surface area contributed by atoms with Gasteiger partial charge in [-0.1, -0.05) is 6.07 Å². The van der Waals surface area contributed by atoms with Crippen LogP contribution in [-0.4, -0.2) is 72.8 Å². The van der Waals surface area contributed by atoms with Gasteiger partial charge in [0.15, 0.2) is 11.5 Å². The first kappa shape index (κ1) is 20.0. The van der Waals surface area contributed by atoms with Crippen molar-refractivity contribution in [3.63, 3.8) is 0 Å². The molecule has 2 saturated heterocycles. The molecule has 3 amide bonds. The minimum absolute atomic E-state index is 0.00779. The van der Waals surface area contributed by atoms with Gasteiger partial charge in [0.1, 0.15) is 6.61 Å². The minimum Gasteiger partial charge on any atom is -0.454 e. The van der Waals surface area contributed by atoms with Crippen molar-refractivity contribution in [2.45, 2.75) is 44.2 Å². The Balaban J connectivity index is 1.08. The van der Waals surface area contributed by atoms with Crippen molar-refractivity contribution in [3.05, 3.63) is 23.8 Å². The third kappa shape index (κ3) is 4.13. The van der Waals surface area contributed by atoms with Gasteiger partial charge >= 0.3 is 6.09 Å². The molecule has 5 rings (SSSR count). The SMILES string of the molecule is O=C(Cc1ccc2c(c1)OCO2)NC1CCC(C(=O)N2CCN3C(=O)OCC3C2)CC1. The Labute approximate surface area is 180 Å². The van der Waals surface area contributed by atoms with Crippen molar-refractivity contribution in [3.8, 4) is 11.5 Å². The fourth-order valence-corrected chi connectivity index (χ4v) is 4.95. The molecular weight excluding hydrogens is 402 g/mol. The van der Waals surface area contributed by atoms with E-state index in [9.17, 15) is 14.4 Å². The van der Waals surface area contributed by atoms with E-state index in [0.29, 0.717) is 44.2 Å². The van der Waals surface area contributed by atoms with E-state index >= 15 is 0 Å². The van der Waals surface area contributed by atoms with Crippen LogP contribution in [0.2, 0.25) is 0 Å². The molecule has 1 aromatic carbocycles. The Bertz CT molecular complexity index is 882. The fourth-order valence-electron chi connectivity index (χ4n) is 4.95. The normalized spacial score (nSPS) is 27.0. The van der Waals surface area contributed by atoms with Gasteiger partial charge in [0.05, 0.1) is 12.5 Å². The molecule has 0 bridgehead atoms. The second kappa shape index (κ2) is 8.28. The lowest BCUT2D eigenvalue weighted by atomic mass is 9.84. The fraction of sp³-hybridized carbons (Fsp3) is 0.591. The Morgan fingerprint density at radius 1 is 1.03 bits per heavy atom. The van der Waals surface area contributed by atoms with E-state index in [0.717, 1.165) is 31.2 Å². The first-order chi connectivity index (χ1) is 15.1. The molecule has 1 aromatic rings. The predicted molar refractivity (Wildman–Crippen MR) is 109 cm³/mol. The van der Waals surface area contributed by atoms with Crippen molar-refractivity contribution in [1.82, 2.24) is 15.1 Å². The molecule has 31 heavy (non-hydrogen) atoms. The van der Waals surface area contributed by atoms with E-state index in [4.69, 9.17) is 14.2 Å². The van der Waals surface area contributed by atoms with Crippen LogP contribution in [0.15, 0.2) is 18.2 Å². The zero-order valence-electron chi connectivity index (χ0n) is 17.4. The average molecular weight is 429 g/mol. The monoisotopic (exact) mass is 429 g/mol. The number of nitrogens with one attached hydrogen (secondary N) is 1. The topological polar surface area (TPSA) is 97.4 Å². The van der Waals surface area contributed by atoms with Crippen molar-refractivity contribution in [1.29, 1.82) is 0 Å². The molecule has 1 saturated carbocycles. The number of carbonyl (C=O) groups is 3. The number of ether oxygens (including phenoxy) is 3. The van der Waals surface area contributed by atoms with E-state index in [1.54, 1.807) is 4.90 Å². The lowest BCUT2D eigenvalue weighted by Gasteiger charge is -2.38. The van der Waals surface area contributed by atoms with Crippen LogP contribution < -0.4 is 14.8 Å². The third-order valence-electron chi connectivity index (χ3n) is 6.67. The van der Waals surface area contributed by atoms with Crippen LogP contribution in [0.3, 0.4) is 0 Å². The molecule has 3 aliphatic heterocycles. The molecule has 0 aromatic heterocycles. The van der Waals surface area contributed by atoms with Gasteiger partial charge in [-0.15, -0.1) is 0 Å². The van der Waals surface area contributed by atoms with Crippen LogP contribution in [0, 0.1) is 5.92 Å². The van der Waals surface area contributed by atoms with Gasteiger partial charge in [0.2, 0.25) is 18.6 Å². The van der Waals surface area contributed by atoms with Gasteiger partial charge in [-0.05, 0) is 43.4 Å². The van der Waals surface area contributed by atoms with Crippen LogP contribution >= 0.6 is 0 Å². The molecule has 1 N–H and O–H groups in total. The summed E-state index contributed by atoms with van der Waals surface area (Å²) >= 11 is 0. The van der Waals surface area contributed by atoms with Crippen molar-refractivity contribution >= 4 is 17.9 Å². The average Bonchev–Trinajstić information content (AvgIpc) is 3.39. The minimum atomic E-state index is -0.269. The van der Waals surface area contributed by atoms with E-state index in [-0.39, 0.29) is 42.7 Å². The van der Waals surface area contributed by atoms with E-state index in [1.165, 1.54) is 0 Å².